The first-order valence-corrected chi connectivity index (χ1v) is 11.3. The summed E-state index contributed by atoms with van der Waals surface area (Å²) in [4.78, 5) is -0.475. The van der Waals surface area contributed by atoms with Crippen molar-refractivity contribution in [2.75, 3.05) is 0 Å². The number of hydrogen-bond donors (Lipinski definition) is 1. The van der Waals surface area contributed by atoms with E-state index in [1.54, 1.807) is 24.3 Å². The molecule has 148 valence electrons. The van der Waals surface area contributed by atoms with Gasteiger partial charge in [-0.2, -0.15) is 5.26 Å². The molecule has 0 saturated heterocycles. The Morgan fingerprint density at radius 2 is 1.52 bits per heavy atom. The maximum Gasteiger partial charge on any atom is 0.238 e. The molecule has 0 radical (unpaired) electrons. The van der Waals surface area contributed by atoms with Crippen LogP contribution < -0.4 is 5.14 Å². The molecule has 0 unspecified atom stereocenters. The van der Waals surface area contributed by atoms with Crippen molar-refractivity contribution in [2.24, 2.45) is 5.14 Å². The van der Waals surface area contributed by atoms with Crippen molar-refractivity contribution in [1.82, 2.24) is 0 Å². The number of furan rings is 1. The van der Waals surface area contributed by atoms with Gasteiger partial charge in [0.15, 0.2) is 4.91 Å². The second kappa shape index (κ2) is 7.67. The fourth-order valence-corrected chi connectivity index (χ4v) is 4.19. The topological polar surface area (TPSA) is 131 Å². The minimum atomic E-state index is -3.98. The lowest BCUT2D eigenvalue weighted by Crippen LogP contribution is -2.11. The van der Waals surface area contributed by atoms with Crippen LogP contribution in [0.25, 0.3) is 17.4 Å². The first kappa shape index (κ1) is 20.5. The average Bonchev–Trinajstić information content (AvgIpc) is 3.14. The number of nitrogens with zero attached hydrogens (tertiary/aromatic N) is 1. The predicted molar refractivity (Wildman–Crippen MR) is 107 cm³/mol. The second-order valence-corrected chi connectivity index (χ2v) is 9.69. The number of rotatable bonds is 5. The Balaban J connectivity index is 1.94. The van der Waals surface area contributed by atoms with E-state index in [0.29, 0.717) is 11.3 Å². The Morgan fingerprint density at radius 3 is 2.07 bits per heavy atom. The van der Waals surface area contributed by atoms with Crippen molar-refractivity contribution >= 4 is 25.9 Å². The van der Waals surface area contributed by atoms with E-state index in [4.69, 9.17) is 9.56 Å². The minimum Gasteiger partial charge on any atom is -0.457 e. The van der Waals surface area contributed by atoms with Crippen LogP contribution in [0.3, 0.4) is 0 Å². The summed E-state index contributed by atoms with van der Waals surface area (Å²) in [6.07, 6.45) is 1.15. The normalized spacial score (nSPS) is 12.5. The van der Waals surface area contributed by atoms with Crippen LogP contribution in [0, 0.1) is 18.3 Å². The zero-order chi connectivity index (χ0) is 21.2. The SMILES string of the molecule is Cc1ccc(S(=O)(=O)C(C#N)=Cc2ccc(-c3ccc(S(N)(=O)=O)cc3)o2)cc1. The average molecular weight is 428 g/mol. The van der Waals surface area contributed by atoms with Gasteiger partial charge in [0.2, 0.25) is 19.9 Å². The predicted octanol–water partition coefficient (Wildman–Crippen LogP) is 3.24. The summed E-state index contributed by atoms with van der Waals surface area (Å²) in [7, 11) is -7.79. The quantitative estimate of drug-likeness (QED) is 0.621. The largest absolute Gasteiger partial charge is 0.457 e. The van der Waals surface area contributed by atoms with E-state index in [2.05, 4.69) is 0 Å². The first-order chi connectivity index (χ1) is 13.6. The molecule has 2 aromatic carbocycles. The molecule has 0 fully saturated rings. The van der Waals surface area contributed by atoms with Crippen LogP contribution in [0.2, 0.25) is 0 Å². The van der Waals surface area contributed by atoms with Crippen molar-refractivity contribution in [1.29, 1.82) is 5.26 Å². The van der Waals surface area contributed by atoms with Crippen LogP contribution in [0.15, 0.2) is 79.8 Å². The van der Waals surface area contributed by atoms with Gasteiger partial charge in [-0.25, -0.2) is 22.0 Å². The van der Waals surface area contributed by atoms with Gasteiger partial charge in [0.25, 0.3) is 0 Å². The van der Waals surface area contributed by atoms with E-state index in [1.165, 1.54) is 42.5 Å². The highest BCUT2D eigenvalue weighted by Crippen LogP contribution is 2.27. The van der Waals surface area contributed by atoms with Gasteiger partial charge in [-0.3, -0.25) is 0 Å². The second-order valence-electron chi connectivity index (χ2n) is 6.21. The summed E-state index contributed by atoms with van der Waals surface area (Å²) in [5.74, 6) is 0.546. The van der Waals surface area contributed by atoms with Crippen molar-refractivity contribution in [3.8, 4) is 17.4 Å². The molecular weight excluding hydrogens is 412 g/mol. The van der Waals surface area contributed by atoms with E-state index in [-0.39, 0.29) is 15.6 Å². The summed E-state index contributed by atoms with van der Waals surface area (Å²) < 4.78 is 53.6. The molecule has 0 aliphatic rings. The smallest absolute Gasteiger partial charge is 0.238 e. The molecule has 29 heavy (non-hydrogen) atoms. The summed E-state index contributed by atoms with van der Waals surface area (Å²) in [5, 5.41) is 14.4. The van der Waals surface area contributed by atoms with Crippen LogP contribution in [0.5, 0.6) is 0 Å². The Labute approximate surface area is 168 Å². The Morgan fingerprint density at radius 1 is 0.931 bits per heavy atom. The van der Waals surface area contributed by atoms with Gasteiger partial charge in [-0.1, -0.05) is 17.7 Å². The molecule has 0 bridgehead atoms. The van der Waals surface area contributed by atoms with Crippen molar-refractivity contribution in [2.45, 2.75) is 16.7 Å². The number of benzene rings is 2. The van der Waals surface area contributed by atoms with Gasteiger partial charge >= 0.3 is 0 Å². The molecule has 9 heteroatoms. The molecule has 0 aliphatic heterocycles. The molecular formula is C20H16N2O5S2. The number of primary sulfonamides is 1. The molecule has 0 atom stereocenters. The van der Waals surface area contributed by atoms with Crippen molar-refractivity contribution in [3.05, 3.63) is 76.9 Å². The third kappa shape index (κ3) is 4.46. The van der Waals surface area contributed by atoms with Crippen LogP contribution in [0.4, 0.5) is 0 Å². The highest BCUT2D eigenvalue weighted by Gasteiger charge is 2.21. The number of hydrogen-bond acceptors (Lipinski definition) is 6. The highest BCUT2D eigenvalue weighted by molar-refractivity contribution is 7.95. The summed E-state index contributed by atoms with van der Waals surface area (Å²) in [6.45, 7) is 1.83. The van der Waals surface area contributed by atoms with Crippen molar-refractivity contribution < 1.29 is 21.3 Å². The Hall–Kier alpha value is -3.19. The summed E-state index contributed by atoms with van der Waals surface area (Å²) in [5.41, 5.74) is 1.47. The molecule has 7 nitrogen and oxygen atoms in total. The number of aryl methyl sites for hydroxylation is 1. The van der Waals surface area contributed by atoms with Crippen molar-refractivity contribution in [3.63, 3.8) is 0 Å². The third-order valence-corrected chi connectivity index (χ3v) is 6.71. The Bertz CT molecular complexity index is 1330. The van der Waals surface area contributed by atoms with E-state index in [9.17, 15) is 22.1 Å². The van der Waals surface area contributed by atoms with Crippen LogP contribution >= 0.6 is 0 Å². The van der Waals surface area contributed by atoms with Gasteiger partial charge in [0.05, 0.1) is 9.79 Å². The molecule has 0 spiro atoms. The molecule has 1 aromatic heterocycles. The number of allylic oxidation sites excluding steroid dienone is 1. The molecule has 0 amide bonds. The number of sulfone groups is 1. The van der Waals surface area contributed by atoms with Gasteiger partial charge < -0.3 is 4.42 Å². The first-order valence-electron chi connectivity index (χ1n) is 8.28. The number of nitriles is 1. The fourth-order valence-electron chi connectivity index (χ4n) is 2.54. The molecule has 0 aliphatic carbocycles. The standard InChI is InChI=1S/C20H16N2O5S2/c1-14-2-7-17(8-3-14)28(23,24)19(13-21)12-16-6-11-20(27-16)15-4-9-18(10-5-15)29(22,25)26/h2-12H,1H3,(H2,22,25,26). The number of nitrogens with two attached hydrogens (primary N) is 1. The Kier molecular flexibility index (Phi) is 5.44. The number of sulfonamides is 1. The molecule has 2 N–H and O–H groups in total. The zero-order valence-corrected chi connectivity index (χ0v) is 16.9. The fraction of sp³-hybridized carbons (Fsp3) is 0.0500. The van der Waals surface area contributed by atoms with E-state index in [0.717, 1.165) is 11.6 Å². The summed E-state index contributed by atoms with van der Waals surface area (Å²) >= 11 is 0. The lowest BCUT2D eigenvalue weighted by molar-refractivity contribution is 0.571. The lowest BCUT2D eigenvalue weighted by Gasteiger charge is -2.03. The lowest BCUT2D eigenvalue weighted by atomic mass is 10.2. The van der Waals surface area contributed by atoms with Gasteiger partial charge in [-0.05, 0) is 55.5 Å². The van der Waals surface area contributed by atoms with Crippen LogP contribution in [-0.4, -0.2) is 16.8 Å². The molecule has 0 saturated carbocycles. The van der Waals surface area contributed by atoms with E-state index < -0.39 is 24.8 Å². The van der Waals surface area contributed by atoms with Crippen LogP contribution in [-0.2, 0) is 19.9 Å². The molecule has 1 heterocycles. The van der Waals surface area contributed by atoms with Gasteiger partial charge in [0.1, 0.15) is 17.6 Å². The van der Waals surface area contributed by atoms with E-state index in [1.807, 2.05) is 6.92 Å². The highest BCUT2D eigenvalue weighted by atomic mass is 32.2. The maximum atomic E-state index is 12.7. The molecule has 3 aromatic rings. The monoisotopic (exact) mass is 428 g/mol. The minimum absolute atomic E-state index is 0.0151. The van der Waals surface area contributed by atoms with Crippen LogP contribution in [0.1, 0.15) is 11.3 Å². The maximum absolute atomic E-state index is 12.7. The molecule has 3 rings (SSSR count). The van der Waals surface area contributed by atoms with Gasteiger partial charge in [-0.15, -0.1) is 0 Å². The zero-order valence-electron chi connectivity index (χ0n) is 15.2. The third-order valence-electron chi connectivity index (χ3n) is 4.10. The van der Waals surface area contributed by atoms with E-state index >= 15 is 0 Å². The van der Waals surface area contributed by atoms with Gasteiger partial charge in [0, 0.05) is 11.6 Å². The summed E-state index contributed by atoms with van der Waals surface area (Å²) in [6, 6.07) is 16.7.